The van der Waals surface area contributed by atoms with Crippen LogP contribution in [0, 0.1) is 11.8 Å². The van der Waals surface area contributed by atoms with E-state index in [1.54, 1.807) is 4.90 Å². The van der Waals surface area contributed by atoms with Gasteiger partial charge in [0.25, 0.3) is 0 Å². The number of amides is 1. The normalized spacial score (nSPS) is 15.8. The minimum Gasteiger partial charge on any atom is -0.481 e. The van der Waals surface area contributed by atoms with E-state index >= 15 is 0 Å². The zero-order valence-corrected chi connectivity index (χ0v) is 21.0. The second-order valence-electron chi connectivity index (χ2n) is 8.86. The third kappa shape index (κ3) is 8.79. The van der Waals surface area contributed by atoms with E-state index in [1.165, 1.54) is 0 Å². The lowest BCUT2D eigenvalue weighted by atomic mass is 9.74. The summed E-state index contributed by atoms with van der Waals surface area (Å²) in [6.45, 7) is 3.70. The van der Waals surface area contributed by atoms with Crippen LogP contribution in [0.4, 0.5) is 0 Å². The lowest BCUT2D eigenvalue weighted by molar-refractivity contribution is -0.165. The molecule has 194 valence electrons. The van der Waals surface area contributed by atoms with Crippen LogP contribution >= 0.6 is 0 Å². The van der Waals surface area contributed by atoms with Crippen LogP contribution in [-0.2, 0) is 32.3 Å². The van der Waals surface area contributed by atoms with Crippen LogP contribution in [0.2, 0.25) is 0 Å². The minimum absolute atomic E-state index is 0.211. The predicted molar refractivity (Wildman–Crippen MR) is 140 cm³/mol. The quantitative estimate of drug-likeness (QED) is 0.267. The Hall–Kier alpha value is -4.13. The summed E-state index contributed by atoms with van der Waals surface area (Å²) >= 11 is 0. The Labute approximate surface area is 217 Å². The molecule has 1 aliphatic rings. The number of carboxylic acid groups (broad SMARTS) is 1. The van der Waals surface area contributed by atoms with Gasteiger partial charge < -0.3 is 19.5 Å². The number of rotatable bonds is 11. The number of ether oxygens (including phenoxy) is 2. The number of hydrogen-bond donors (Lipinski definition) is 1. The van der Waals surface area contributed by atoms with Gasteiger partial charge in [-0.25, -0.2) is 0 Å². The van der Waals surface area contributed by atoms with Crippen LogP contribution in [0.5, 0.6) is 11.5 Å². The highest BCUT2D eigenvalue weighted by Gasteiger charge is 2.42. The summed E-state index contributed by atoms with van der Waals surface area (Å²) in [5, 5.41) is 8.83. The maximum atomic E-state index is 11.6. The van der Waals surface area contributed by atoms with Gasteiger partial charge in [-0.05, 0) is 54.7 Å². The van der Waals surface area contributed by atoms with Crippen LogP contribution in [-0.4, -0.2) is 34.9 Å². The molecule has 1 N–H and O–H groups in total. The van der Waals surface area contributed by atoms with E-state index in [2.05, 4.69) is 6.92 Å². The molecule has 0 bridgehead atoms. The SMILES string of the molecule is CCCN(C=O)Cc1ccc(Oc2ccccc2)cc1.O=C(O)C1CCC1C(=O)OCc1ccccc1. The highest BCUT2D eigenvalue weighted by atomic mass is 16.5. The molecule has 1 aliphatic carbocycles. The van der Waals surface area contributed by atoms with Crippen LogP contribution in [0.25, 0.3) is 0 Å². The molecule has 37 heavy (non-hydrogen) atoms. The van der Waals surface area contributed by atoms with Crippen molar-refractivity contribution in [3.05, 3.63) is 96.1 Å². The van der Waals surface area contributed by atoms with Gasteiger partial charge in [0.15, 0.2) is 0 Å². The molecule has 0 heterocycles. The average molecular weight is 504 g/mol. The van der Waals surface area contributed by atoms with E-state index in [0.717, 1.165) is 42.0 Å². The Morgan fingerprint density at radius 1 is 0.865 bits per heavy atom. The summed E-state index contributed by atoms with van der Waals surface area (Å²) in [7, 11) is 0. The number of aliphatic carboxylic acids is 1. The summed E-state index contributed by atoms with van der Waals surface area (Å²) in [5.41, 5.74) is 2.01. The topological polar surface area (TPSA) is 93.1 Å². The highest BCUT2D eigenvalue weighted by Crippen LogP contribution is 2.35. The van der Waals surface area contributed by atoms with Crippen molar-refractivity contribution in [3.63, 3.8) is 0 Å². The number of carbonyl (C=O) groups is 3. The van der Waals surface area contributed by atoms with Crippen molar-refractivity contribution < 1.29 is 29.0 Å². The van der Waals surface area contributed by atoms with Crippen molar-refractivity contribution >= 4 is 18.3 Å². The molecule has 2 unspecified atom stereocenters. The summed E-state index contributed by atoms with van der Waals surface area (Å²) < 4.78 is 10.8. The Kier molecular flexibility index (Phi) is 10.7. The van der Waals surface area contributed by atoms with Crippen molar-refractivity contribution in [2.45, 2.75) is 39.3 Å². The molecular weight excluding hydrogens is 470 g/mol. The second-order valence-corrected chi connectivity index (χ2v) is 8.86. The van der Waals surface area contributed by atoms with Gasteiger partial charge in [0.1, 0.15) is 18.1 Å². The Balaban J connectivity index is 0.000000208. The van der Waals surface area contributed by atoms with Crippen molar-refractivity contribution in [2.24, 2.45) is 11.8 Å². The Morgan fingerprint density at radius 2 is 1.46 bits per heavy atom. The Morgan fingerprint density at radius 3 is 2.00 bits per heavy atom. The van der Waals surface area contributed by atoms with Crippen molar-refractivity contribution in [2.75, 3.05) is 6.54 Å². The van der Waals surface area contributed by atoms with Crippen LogP contribution < -0.4 is 4.74 Å². The van der Waals surface area contributed by atoms with E-state index in [4.69, 9.17) is 14.6 Å². The molecule has 4 rings (SSSR count). The fraction of sp³-hybridized carbons (Fsp3) is 0.300. The number of esters is 1. The van der Waals surface area contributed by atoms with Crippen LogP contribution in [0.1, 0.15) is 37.3 Å². The summed E-state index contributed by atoms with van der Waals surface area (Å²) in [4.78, 5) is 35.1. The number of benzene rings is 3. The maximum absolute atomic E-state index is 11.6. The zero-order chi connectivity index (χ0) is 26.5. The summed E-state index contributed by atoms with van der Waals surface area (Å²) in [6, 6.07) is 26.9. The first-order valence-corrected chi connectivity index (χ1v) is 12.4. The smallest absolute Gasteiger partial charge is 0.310 e. The third-order valence-corrected chi connectivity index (χ3v) is 6.07. The third-order valence-electron chi connectivity index (χ3n) is 6.07. The molecule has 1 saturated carbocycles. The van der Waals surface area contributed by atoms with Crippen LogP contribution in [0.3, 0.4) is 0 Å². The lowest BCUT2D eigenvalue weighted by Gasteiger charge is -2.31. The minimum atomic E-state index is -0.905. The summed E-state index contributed by atoms with van der Waals surface area (Å²) in [6.07, 6.45) is 3.05. The molecule has 1 fully saturated rings. The fourth-order valence-corrected chi connectivity index (χ4v) is 3.89. The van der Waals surface area contributed by atoms with E-state index in [-0.39, 0.29) is 6.61 Å². The molecule has 3 aromatic carbocycles. The van der Waals surface area contributed by atoms with Gasteiger partial charge in [-0.1, -0.05) is 67.6 Å². The summed E-state index contributed by atoms with van der Waals surface area (Å²) in [5.74, 6) is -0.700. The fourth-order valence-electron chi connectivity index (χ4n) is 3.89. The Bertz CT molecular complexity index is 1120. The number of hydrogen-bond acceptors (Lipinski definition) is 5. The lowest BCUT2D eigenvalue weighted by Crippen LogP contribution is -2.39. The van der Waals surface area contributed by atoms with E-state index in [0.29, 0.717) is 19.4 Å². The van der Waals surface area contributed by atoms with Gasteiger partial charge >= 0.3 is 11.9 Å². The molecule has 0 spiro atoms. The number of carboxylic acids is 1. The van der Waals surface area contributed by atoms with Crippen molar-refractivity contribution in [3.8, 4) is 11.5 Å². The van der Waals surface area contributed by atoms with Crippen LogP contribution in [0.15, 0.2) is 84.9 Å². The molecule has 2 atom stereocenters. The first kappa shape index (κ1) is 27.5. The first-order valence-electron chi connectivity index (χ1n) is 12.4. The number of nitrogens with zero attached hydrogens (tertiary/aromatic N) is 1. The molecule has 7 heteroatoms. The largest absolute Gasteiger partial charge is 0.481 e. The van der Waals surface area contributed by atoms with E-state index in [9.17, 15) is 14.4 Å². The number of para-hydroxylation sites is 1. The first-order chi connectivity index (χ1) is 18.0. The standard InChI is InChI=1S/C17H19NO2.C13H14O4/c1-2-12-18(14-19)13-15-8-10-17(11-9-15)20-16-6-4-3-5-7-16;14-12(15)10-6-7-11(10)13(16)17-8-9-4-2-1-3-5-9/h3-11,14H,2,12-13H2,1H3;1-5,10-11H,6-8H2,(H,14,15). The van der Waals surface area contributed by atoms with Gasteiger partial charge in [0, 0.05) is 13.1 Å². The molecule has 1 amide bonds. The predicted octanol–water partition coefficient (Wildman–Crippen LogP) is 5.69. The molecule has 0 aromatic heterocycles. The molecular formula is C30H33NO6. The van der Waals surface area contributed by atoms with Gasteiger partial charge in [-0.2, -0.15) is 0 Å². The molecule has 7 nitrogen and oxygen atoms in total. The van der Waals surface area contributed by atoms with Gasteiger partial charge in [-0.15, -0.1) is 0 Å². The zero-order valence-electron chi connectivity index (χ0n) is 21.0. The van der Waals surface area contributed by atoms with Gasteiger partial charge in [0.2, 0.25) is 6.41 Å². The van der Waals surface area contributed by atoms with E-state index < -0.39 is 23.8 Å². The van der Waals surface area contributed by atoms with Crippen molar-refractivity contribution in [1.82, 2.24) is 4.90 Å². The molecule has 0 saturated heterocycles. The molecule has 3 aromatic rings. The molecule has 0 radical (unpaired) electrons. The molecule has 0 aliphatic heterocycles. The highest BCUT2D eigenvalue weighted by molar-refractivity contribution is 5.82. The maximum Gasteiger partial charge on any atom is 0.310 e. The van der Waals surface area contributed by atoms with Gasteiger partial charge in [-0.3, -0.25) is 14.4 Å². The average Bonchev–Trinajstić information content (AvgIpc) is 2.89. The van der Waals surface area contributed by atoms with Gasteiger partial charge in [0.05, 0.1) is 11.8 Å². The second kappa shape index (κ2) is 14.4. The van der Waals surface area contributed by atoms with Crippen molar-refractivity contribution in [1.29, 1.82) is 0 Å². The monoisotopic (exact) mass is 503 g/mol. The number of carbonyl (C=O) groups excluding carboxylic acids is 2. The van der Waals surface area contributed by atoms with E-state index in [1.807, 2.05) is 84.9 Å².